The van der Waals surface area contributed by atoms with Gasteiger partial charge in [-0.15, -0.1) is 5.10 Å². The molecule has 0 radical (unpaired) electrons. The molecule has 0 aromatic carbocycles. The number of hydrogen-bond donors (Lipinski definition) is 2. The number of alkyl carbamates (subject to hydrolysis) is 1. The van der Waals surface area contributed by atoms with E-state index in [0.29, 0.717) is 17.5 Å². The zero-order valence-electron chi connectivity index (χ0n) is 11.9. The Kier molecular flexibility index (Phi) is 7.28. The molecule has 7 nitrogen and oxygen atoms in total. The number of carbonyl (C=O) groups is 1. The van der Waals surface area contributed by atoms with E-state index in [1.54, 1.807) is 0 Å². The average Bonchev–Trinajstić information content (AvgIpc) is 2.79. The van der Waals surface area contributed by atoms with Crippen LogP contribution in [0.25, 0.3) is 0 Å². The summed E-state index contributed by atoms with van der Waals surface area (Å²) in [7, 11) is 0. The molecule has 1 amide bonds. The largest absolute Gasteiger partial charge is 0.440 e. The first-order valence-corrected chi connectivity index (χ1v) is 7.57. The lowest BCUT2D eigenvalue weighted by atomic mass is 10.3. The number of halogens is 3. The third-order valence-corrected chi connectivity index (χ3v) is 3.41. The van der Waals surface area contributed by atoms with Gasteiger partial charge in [-0.3, -0.25) is 4.57 Å². The molecule has 126 valence electrons. The summed E-state index contributed by atoms with van der Waals surface area (Å²) in [4.78, 5) is 22.5. The minimum atomic E-state index is -4.55. The Hall–Kier alpha value is -1.65. The van der Waals surface area contributed by atoms with Gasteiger partial charge in [0.25, 0.3) is 0 Å². The van der Waals surface area contributed by atoms with Gasteiger partial charge in [-0.2, -0.15) is 13.2 Å². The molecular formula is C11H17F3N4O3S. The van der Waals surface area contributed by atoms with E-state index in [2.05, 4.69) is 20.3 Å². The fourth-order valence-electron chi connectivity index (χ4n) is 1.42. The van der Waals surface area contributed by atoms with Gasteiger partial charge < -0.3 is 10.1 Å². The Morgan fingerprint density at radius 3 is 2.86 bits per heavy atom. The van der Waals surface area contributed by atoms with Crippen LogP contribution in [-0.2, 0) is 11.3 Å². The minimum Gasteiger partial charge on any atom is -0.440 e. The van der Waals surface area contributed by atoms with Crippen LogP contribution >= 0.6 is 11.8 Å². The maximum absolute atomic E-state index is 11.8. The number of thioether (sulfide) groups is 1. The van der Waals surface area contributed by atoms with Crippen molar-refractivity contribution in [2.45, 2.75) is 37.6 Å². The molecule has 22 heavy (non-hydrogen) atoms. The van der Waals surface area contributed by atoms with E-state index in [1.807, 2.05) is 6.92 Å². The number of nitrogens with one attached hydrogen (secondary N) is 2. The highest BCUT2D eigenvalue weighted by Gasteiger charge is 2.29. The van der Waals surface area contributed by atoms with Crippen LogP contribution in [0.15, 0.2) is 9.95 Å². The molecule has 2 N–H and O–H groups in total. The van der Waals surface area contributed by atoms with Crippen LogP contribution in [0.3, 0.4) is 0 Å². The molecule has 0 bridgehead atoms. The molecule has 0 atom stereocenters. The summed E-state index contributed by atoms with van der Waals surface area (Å²) in [6.45, 7) is 1.00. The lowest BCUT2D eigenvalue weighted by Crippen LogP contribution is -2.30. The summed E-state index contributed by atoms with van der Waals surface area (Å²) in [5, 5.41) is 8.85. The standard InChI is InChI=1S/C11H17F3N4O3S/c1-2-3-5-18-8(19)16-17-9(18)22-6-4-15-10(20)21-7-11(12,13)14/h2-7H2,1H3,(H,15,20)(H,16,19). The smallest absolute Gasteiger partial charge is 0.422 e. The Morgan fingerprint density at radius 2 is 2.23 bits per heavy atom. The first kappa shape index (κ1) is 18.4. The highest BCUT2D eigenvalue weighted by atomic mass is 32.2. The van der Waals surface area contributed by atoms with Crippen molar-refractivity contribution < 1.29 is 22.7 Å². The lowest BCUT2D eigenvalue weighted by molar-refractivity contribution is -0.160. The Morgan fingerprint density at radius 1 is 1.50 bits per heavy atom. The van der Waals surface area contributed by atoms with E-state index < -0.39 is 18.9 Å². The molecule has 0 spiro atoms. The first-order valence-electron chi connectivity index (χ1n) is 6.59. The van der Waals surface area contributed by atoms with Crippen LogP contribution < -0.4 is 11.0 Å². The molecule has 1 aromatic rings. The maximum atomic E-state index is 11.8. The molecule has 1 aromatic heterocycles. The van der Waals surface area contributed by atoms with E-state index in [-0.39, 0.29) is 12.2 Å². The second-order valence-electron chi connectivity index (χ2n) is 4.28. The van der Waals surface area contributed by atoms with E-state index in [0.717, 1.165) is 12.8 Å². The van der Waals surface area contributed by atoms with Gasteiger partial charge in [-0.05, 0) is 6.42 Å². The second kappa shape index (κ2) is 8.71. The Bertz CT molecular complexity index is 529. The van der Waals surface area contributed by atoms with Crippen molar-refractivity contribution in [1.82, 2.24) is 20.1 Å². The van der Waals surface area contributed by atoms with Crippen molar-refractivity contribution in [2.24, 2.45) is 0 Å². The molecule has 0 unspecified atom stereocenters. The summed E-state index contributed by atoms with van der Waals surface area (Å²) in [5.41, 5.74) is -0.312. The average molecular weight is 342 g/mol. The number of hydrogen-bond acceptors (Lipinski definition) is 5. The van der Waals surface area contributed by atoms with Crippen LogP contribution in [0.2, 0.25) is 0 Å². The molecule has 0 fully saturated rings. The molecule has 1 heterocycles. The van der Waals surface area contributed by atoms with E-state index in [9.17, 15) is 22.8 Å². The predicted octanol–water partition coefficient (Wildman–Crippen LogP) is 1.75. The van der Waals surface area contributed by atoms with Crippen LogP contribution in [0, 0.1) is 0 Å². The minimum absolute atomic E-state index is 0.0934. The molecule has 11 heteroatoms. The zero-order chi connectivity index (χ0) is 16.6. The normalized spacial score (nSPS) is 11.5. The molecule has 0 saturated heterocycles. The number of aromatic amines is 1. The number of alkyl halides is 3. The fourth-order valence-corrected chi connectivity index (χ4v) is 2.25. The van der Waals surface area contributed by atoms with Crippen molar-refractivity contribution in [3.8, 4) is 0 Å². The van der Waals surface area contributed by atoms with Gasteiger partial charge in [0.1, 0.15) is 0 Å². The van der Waals surface area contributed by atoms with Gasteiger partial charge in [0, 0.05) is 18.8 Å². The summed E-state index contributed by atoms with van der Waals surface area (Å²) in [6.07, 6.45) is -3.93. The quantitative estimate of drug-likeness (QED) is 0.555. The van der Waals surface area contributed by atoms with E-state index >= 15 is 0 Å². The van der Waals surface area contributed by atoms with Crippen molar-refractivity contribution in [1.29, 1.82) is 0 Å². The number of ether oxygens (including phenoxy) is 1. The topological polar surface area (TPSA) is 89.0 Å². The van der Waals surface area contributed by atoms with Crippen molar-refractivity contribution >= 4 is 17.9 Å². The highest BCUT2D eigenvalue weighted by Crippen LogP contribution is 2.15. The van der Waals surface area contributed by atoms with Crippen LogP contribution in [-0.4, -0.2) is 45.9 Å². The van der Waals surface area contributed by atoms with Crippen LogP contribution in [0.1, 0.15) is 19.8 Å². The van der Waals surface area contributed by atoms with Gasteiger partial charge in [0.15, 0.2) is 11.8 Å². The highest BCUT2D eigenvalue weighted by molar-refractivity contribution is 7.99. The lowest BCUT2D eigenvalue weighted by Gasteiger charge is -2.09. The SMILES string of the molecule is CCCCn1c(SCCNC(=O)OCC(F)(F)F)n[nH]c1=O. The second-order valence-corrected chi connectivity index (χ2v) is 5.35. The Labute approximate surface area is 128 Å². The third-order valence-electron chi connectivity index (χ3n) is 2.43. The van der Waals surface area contributed by atoms with Crippen LogP contribution in [0.4, 0.5) is 18.0 Å². The van der Waals surface area contributed by atoms with Gasteiger partial charge >= 0.3 is 18.0 Å². The van der Waals surface area contributed by atoms with Crippen molar-refractivity contribution in [2.75, 3.05) is 18.9 Å². The van der Waals surface area contributed by atoms with Gasteiger partial charge in [-0.25, -0.2) is 14.7 Å². The molecular weight excluding hydrogens is 325 g/mol. The van der Waals surface area contributed by atoms with Crippen molar-refractivity contribution in [3.63, 3.8) is 0 Å². The number of unbranched alkanes of at least 4 members (excludes halogenated alkanes) is 1. The number of rotatable bonds is 8. The number of amides is 1. The number of aromatic nitrogens is 3. The third kappa shape index (κ3) is 6.87. The molecule has 0 aliphatic carbocycles. The van der Waals surface area contributed by atoms with Crippen molar-refractivity contribution in [3.05, 3.63) is 10.5 Å². The number of nitrogens with zero attached hydrogens (tertiary/aromatic N) is 2. The monoisotopic (exact) mass is 342 g/mol. The molecule has 0 saturated carbocycles. The van der Waals surface area contributed by atoms with E-state index in [1.165, 1.54) is 16.3 Å². The Balaban J connectivity index is 2.30. The molecule has 0 aliphatic rings. The predicted molar refractivity (Wildman–Crippen MR) is 73.9 cm³/mol. The first-order chi connectivity index (χ1) is 10.3. The molecule has 1 rings (SSSR count). The number of H-pyrrole nitrogens is 1. The number of carbonyl (C=O) groups excluding carboxylic acids is 1. The fraction of sp³-hybridized carbons (Fsp3) is 0.727. The van der Waals surface area contributed by atoms with Gasteiger partial charge in [0.2, 0.25) is 0 Å². The molecule has 0 aliphatic heterocycles. The summed E-state index contributed by atoms with van der Waals surface area (Å²) in [6, 6.07) is 0. The van der Waals surface area contributed by atoms with Gasteiger partial charge in [-0.1, -0.05) is 25.1 Å². The maximum Gasteiger partial charge on any atom is 0.422 e. The zero-order valence-corrected chi connectivity index (χ0v) is 12.7. The van der Waals surface area contributed by atoms with Crippen LogP contribution in [0.5, 0.6) is 0 Å². The summed E-state index contributed by atoms with van der Waals surface area (Å²) in [5.74, 6) is 0.345. The van der Waals surface area contributed by atoms with Gasteiger partial charge in [0.05, 0.1) is 0 Å². The van der Waals surface area contributed by atoms with E-state index in [4.69, 9.17) is 0 Å². The summed E-state index contributed by atoms with van der Waals surface area (Å²) >= 11 is 1.21. The summed E-state index contributed by atoms with van der Waals surface area (Å²) < 4.78 is 40.9.